The molecule has 2 atom stereocenters. The van der Waals surface area contributed by atoms with Crippen LogP contribution in [0.3, 0.4) is 0 Å². The summed E-state index contributed by atoms with van der Waals surface area (Å²) < 4.78 is 102. The summed E-state index contributed by atoms with van der Waals surface area (Å²) in [7, 11) is -2.69. The molecule has 11 nitrogen and oxygen atoms in total. The summed E-state index contributed by atoms with van der Waals surface area (Å²) in [5.41, 5.74) is 0.0273. The van der Waals surface area contributed by atoms with Crippen LogP contribution in [0.15, 0.2) is 53.3 Å². The Morgan fingerprint density at radius 3 is 2.67 bits per heavy atom. The van der Waals surface area contributed by atoms with Crippen molar-refractivity contribution in [2.45, 2.75) is 18.8 Å². The molecule has 2 fully saturated rings. The van der Waals surface area contributed by atoms with Crippen molar-refractivity contribution in [2.24, 2.45) is 5.92 Å². The van der Waals surface area contributed by atoms with Crippen LogP contribution in [0.4, 0.5) is 33.9 Å². The number of carbonyl (C=O) groups is 1. The first kappa shape index (κ1) is 27.5. The lowest BCUT2D eigenvalue weighted by molar-refractivity contribution is -0.274. The van der Waals surface area contributed by atoms with Gasteiger partial charge < -0.3 is 18.7 Å². The fraction of sp³-hybridized carbons (Fsp3) is 0.333. The summed E-state index contributed by atoms with van der Waals surface area (Å²) in [6.07, 6.45) is -4.29. The first-order chi connectivity index (χ1) is 18.9. The van der Waals surface area contributed by atoms with Crippen LogP contribution in [0.2, 0.25) is 0 Å². The first-order valence-electron chi connectivity index (χ1n) is 11.8. The molecule has 2 aliphatic rings. The molecule has 0 aliphatic carbocycles. The van der Waals surface area contributed by atoms with Crippen LogP contribution >= 0.6 is 0 Å². The van der Waals surface area contributed by atoms with Gasteiger partial charge in [0.05, 0.1) is 19.4 Å². The van der Waals surface area contributed by atoms with E-state index in [9.17, 15) is 26.4 Å². The number of methoxy groups -OCH3 is 1. The van der Waals surface area contributed by atoms with Crippen LogP contribution < -0.4 is 19.1 Å². The maximum atomic E-state index is 15.4. The standard InChI is InChI=1S/C24H22F4N4O7S/c1-36-21-10-17(14-3-2-4-16(9-14)39-24(26,27)28)18(25)11-20(21)32-19-5-7-31(12-15(19)13-37-23(32)33)40(34,35)30-22-6-8-38-29-22/h2-4,6,8-11,15,19H,5,7,12-13H2,1H3,(H,29,30)/t15-,19+/m0/s1. The predicted octanol–water partition coefficient (Wildman–Crippen LogP) is 4.39. The molecule has 0 spiro atoms. The van der Waals surface area contributed by atoms with Gasteiger partial charge in [0.15, 0.2) is 5.82 Å². The summed E-state index contributed by atoms with van der Waals surface area (Å²) in [4.78, 5) is 14.1. The topological polar surface area (TPSA) is 123 Å². The number of rotatable bonds is 7. The molecule has 2 saturated heterocycles. The van der Waals surface area contributed by atoms with Gasteiger partial charge in [-0.15, -0.1) is 13.2 Å². The number of alkyl halides is 3. The minimum atomic E-state index is -4.93. The Hall–Kier alpha value is -4.05. The molecule has 2 aliphatic heterocycles. The molecule has 3 heterocycles. The fourth-order valence-electron chi connectivity index (χ4n) is 4.81. The average Bonchev–Trinajstić information content (AvgIpc) is 3.40. The van der Waals surface area contributed by atoms with Gasteiger partial charge in [-0.1, -0.05) is 17.3 Å². The largest absolute Gasteiger partial charge is 0.573 e. The smallest absolute Gasteiger partial charge is 0.495 e. The fourth-order valence-corrected chi connectivity index (χ4v) is 6.04. The molecule has 3 aromatic rings. The number of halogens is 4. The highest BCUT2D eigenvalue weighted by molar-refractivity contribution is 7.90. The van der Waals surface area contributed by atoms with Crippen LogP contribution in [0.5, 0.6) is 11.5 Å². The Bertz CT molecular complexity index is 1500. The summed E-state index contributed by atoms with van der Waals surface area (Å²) >= 11 is 0. The van der Waals surface area contributed by atoms with E-state index in [4.69, 9.17) is 9.47 Å². The van der Waals surface area contributed by atoms with Gasteiger partial charge in [0.1, 0.15) is 23.6 Å². The second-order valence-electron chi connectivity index (χ2n) is 8.99. The van der Waals surface area contributed by atoms with Crippen molar-refractivity contribution in [2.75, 3.05) is 36.4 Å². The van der Waals surface area contributed by atoms with E-state index in [2.05, 4.69) is 19.1 Å². The van der Waals surface area contributed by atoms with Crippen molar-refractivity contribution in [3.63, 3.8) is 0 Å². The van der Waals surface area contributed by atoms with Crippen LogP contribution in [0.1, 0.15) is 6.42 Å². The zero-order valence-corrected chi connectivity index (χ0v) is 21.5. The molecule has 0 unspecified atom stereocenters. The van der Waals surface area contributed by atoms with Crippen molar-refractivity contribution in [1.29, 1.82) is 0 Å². The molecule has 5 rings (SSSR count). The van der Waals surface area contributed by atoms with Crippen molar-refractivity contribution >= 4 is 27.8 Å². The first-order valence-corrected chi connectivity index (χ1v) is 13.3. The SMILES string of the molecule is COc1cc(-c2cccc(OC(F)(F)F)c2)c(F)cc1N1C(=O)OC[C@@H]2CN(S(=O)(=O)Nc3ccon3)CC[C@H]21. The highest BCUT2D eigenvalue weighted by Crippen LogP contribution is 2.41. The van der Waals surface area contributed by atoms with Crippen LogP contribution in [-0.4, -0.2) is 63.2 Å². The molecule has 2 aromatic carbocycles. The van der Waals surface area contributed by atoms with Crippen molar-refractivity contribution in [3.8, 4) is 22.6 Å². The van der Waals surface area contributed by atoms with Gasteiger partial charge in [-0.3, -0.25) is 9.62 Å². The number of amides is 1. The lowest BCUT2D eigenvalue weighted by Gasteiger charge is -2.45. The minimum Gasteiger partial charge on any atom is -0.495 e. The summed E-state index contributed by atoms with van der Waals surface area (Å²) in [5, 5.41) is 3.54. The van der Waals surface area contributed by atoms with E-state index < -0.39 is 46.2 Å². The number of cyclic esters (lactones) is 1. The highest BCUT2D eigenvalue weighted by atomic mass is 32.2. The maximum absolute atomic E-state index is 15.4. The van der Waals surface area contributed by atoms with Crippen molar-refractivity contribution in [3.05, 3.63) is 54.5 Å². The third-order valence-electron chi connectivity index (χ3n) is 6.52. The van der Waals surface area contributed by atoms with Gasteiger partial charge in [-0.2, -0.15) is 12.7 Å². The van der Waals surface area contributed by atoms with E-state index in [1.165, 1.54) is 46.8 Å². The summed E-state index contributed by atoms with van der Waals surface area (Å²) in [6, 6.07) is 7.87. The molecular weight excluding hydrogens is 564 g/mol. The summed E-state index contributed by atoms with van der Waals surface area (Å²) in [6.45, 7) is -0.0334. The lowest BCUT2D eigenvalue weighted by Crippen LogP contribution is -2.59. The average molecular weight is 587 g/mol. The Balaban J connectivity index is 1.42. The summed E-state index contributed by atoms with van der Waals surface area (Å²) in [5.74, 6) is -1.78. The third kappa shape index (κ3) is 5.62. The van der Waals surface area contributed by atoms with E-state index >= 15 is 4.39 Å². The Kier molecular flexibility index (Phi) is 7.22. The molecule has 40 heavy (non-hydrogen) atoms. The number of piperidine rings is 1. The third-order valence-corrected chi connectivity index (χ3v) is 8.00. The number of benzene rings is 2. The van der Waals surface area contributed by atoms with E-state index in [-0.39, 0.29) is 54.5 Å². The number of hydrogen-bond acceptors (Lipinski definition) is 8. The number of nitrogens with zero attached hydrogens (tertiary/aromatic N) is 3. The number of carbonyl (C=O) groups excluding carboxylic acids is 1. The van der Waals surface area contributed by atoms with E-state index in [0.29, 0.717) is 0 Å². The van der Waals surface area contributed by atoms with Gasteiger partial charge >= 0.3 is 22.7 Å². The molecule has 0 bridgehead atoms. The van der Waals surface area contributed by atoms with Crippen LogP contribution in [0, 0.1) is 11.7 Å². The van der Waals surface area contributed by atoms with Gasteiger partial charge in [0.25, 0.3) is 0 Å². The predicted molar refractivity (Wildman–Crippen MR) is 131 cm³/mol. The Morgan fingerprint density at radius 1 is 1.18 bits per heavy atom. The van der Waals surface area contributed by atoms with E-state index in [1.807, 2.05) is 0 Å². The minimum absolute atomic E-state index is 0.00346. The van der Waals surface area contributed by atoms with E-state index in [0.717, 1.165) is 18.2 Å². The van der Waals surface area contributed by atoms with Crippen molar-refractivity contribution < 1.29 is 49.5 Å². The molecule has 0 saturated carbocycles. The monoisotopic (exact) mass is 586 g/mol. The van der Waals surface area contributed by atoms with Gasteiger partial charge in [0, 0.05) is 42.7 Å². The molecular formula is C24H22F4N4O7S. The number of fused-ring (bicyclic) bond motifs is 1. The number of aromatic nitrogens is 1. The molecule has 16 heteroatoms. The number of nitrogens with one attached hydrogen (secondary N) is 1. The molecule has 1 amide bonds. The van der Waals surface area contributed by atoms with Crippen LogP contribution in [-0.2, 0) is 14.9 Å². The second kappa shape index (κ2) is 10.5. The van der Waals surface area contributed by atoms with Gasteiger partial charge in [-0.25, -0.2) is 9.18 Å². The lowest BCUT2D eigenvalue weighted by atomic mass is 9.91. The number of ether oxygens (including phenoxy) is 3. The zero-order valence-electron chi connectivity index (χ0n) is 20.7. The molecule has 0 radical (unpaired) electrons. The van der Waals surface area contributed by atoms with Gasteiger partial charge in [0.2, 0.25) is 0 Å². The van der Waals surface area contributed by atoms with E-state index in [1.54, 1.807) is 0 Å². The molecule has 214 valence electrons. The maximum Gasteiger partial charge on any atom is 0.573 e. The normalized spacial score (nSPS) is 20.0. The van der Waals surface area contributed by atoms with Gasteiger partial charge in [-0.05, 0) is 30.2 Å². The Labute approximate surface area is 225 Å². The number of hydrogen-bond donors (Lipinski definition) is 1. The molecule has 1 N–H and O–H groups in total. The van der Waals surface area contributed by atoms with Crippen molar-refractivity contribution in [1.82, 2.24) is 9.46 Å². The second-order valence-corrected chi connectivity index (χ2v) is 10.7. The molecule has 1 aromatic heterocycles. The van der Waals surface area contributed by atoms with Crippen LogP contribution in [0.25, 0.3) is 11.1 Å². The quantitative estimate of drug-likeness (QED) is 0.405. The highest BCUT2D eigenvalue weighted by Gasteiger charge is 2.45. The Morgan fingerprint density at radius 2 is 1.98 bits per heavy atom. The zero-order chi connectivity index (χ0) is 28.7. The number of anilines is 2.